The van der Waals surface area contributed by atoms with Gasteiger partial charge in [0.2, 0.25) is 0 Å². The molecule has 0 fully saturated rings. The molecule has 1 unspecified atom stereocenters. The standard InChI is InChI=1S/C9H17N/c1-6-8(2)10-7-9(3,4)5/h1,8,10H,7H2,2-5H3. The molecule has 0 saturated heterocycles. The molecule has 0 radical (unpaired) electrons. The molecule has 0 aliphatic heterocycles. The molecule has 0 spiro atoms. The first-order chi connectivity index (χ1) is 4.45. The predicted molar refractivity (Wildman–Crippen MR) is 45.8 cm³/mol. The van der Waals surface area contributed by atoms with Crippen molar-refractivity contribution in [3.05, 3.63) is 0 Å². The van der Waals surface area contributed by atoms with Crippen LogP contribution in [0, 0.1) is 17.8 Å². The Balaban J connectivity index is 3.48. The van der Waals surface area contributed by atoms with Gasteiger partial charge in [0.25, 0.3) is 0 Å². The van der Waals surface area contributed by atoms with Gasteiger partial charge in [0.05, 0.1) is 6.04 Å². The summed E-state index contributed by atoms with van der Waals surface area (Å²) in [6, 6.07) is 0.194. The minimum atomic E-state index is 0.194. The maximum Gasteiger partial charge on any atom is 0.0658 e. The molecule has 1 atom stereocenters. The molecule has 0 aromatic carbocycles. The molecule has 0 bridgehead atoms. The molecule has 0 aromatic heterocycles. The summed E-state index contributed by atoms with van der Waals surface area (Å²) in [5.41, 5.74) is 0.325. The number of hydrogen-bond donors (Lipinski definition) is 1. The van der Waals surface area contributed by atoms with E-state index >= 15 is 0 Å². The Morgan fingerprint density at radius 2 is 2.00 bits per heavy atom. The van der Waals surface area contributed by atoms with E-state index < -0.39 is 0 Å². The monoisotopic (exact) mass is 139 g/mol. The number of hydrogen-bond acceptors (Lipinski definition) is 1. The lowest BCUT2D eigenvalue weighted by Gasteiger charge is -2.20. The lowest BCUT2D eigenvalue weighted by molar-refractivity contribution is 0.373. The average Bonchev–Trinajstić information content (AvgIpc) is 1.81. The van der Waals surface area contributed by atoms with E-state index in [1.165, 1.54) is 0 Å². The lowest BCUT2D eigenvalue weighted by atomic mass is 9.97. The second-order valence-corrected chi connectivity index (χ2v) is 3.83. The van der Waals surface area contributed by atoms with Crippen LogP contribution in [-0.2, 0) is 0 Å². The molecule has 10 heavy (non-hydrogen) atoms. The fourth-order valence-corrected chi connectivity index (χ4v) is 0.518. The van der Waals surface area contributed by atoms with Crippen molar-refractivity contribution >= 4 is 0 Å². The van der Waals surface area contributed by atoms with E-state index in [1.807, 2.05) is 6.92 Å². The van der Waals surface area contributed by atoms with Crippen LogP contribution in [-0.4, -0.2) is 12.6 Å². The van der Waals surface area contributed by atoms with E-state index in [9.17, 15) is 0 Å². The minimum Gasteiger partial charge on any atom is -0.303 e. The van der Waals surface area contributed by atoms with Gasteiger partial charge in [0, 0.05) is 6.54 Å². The third-order valence-electron chi connectivity index (χ3n) is 1.19. The van der Waals surface area contributed by atoms with Gasteiger partial charge in [-0.2, -0.15) is 0 Å². The normalized spacial score (nSPS) is 14.3. The first-order valence-corrected chi connectivity index (χ1v) is 3.65. The third kappa shape index (κ3) is 5.65. The van der Waals surface area contributed by atoms with Crippen molar-refractivity contribution in [2.75, 3.05) is 6.54 Å². The van der Waals surface area contributed by atoms with Crippen LogP contribution in [0.15, 0.2) is 0 Å². The first-order valence-electron chi connectivity index (χ1n) is 3.65. The summed E-state index contributed by atoms with van der Waals surface area (Å²) in [7, 11) is 0. The van der Waals surface area contributed by atoms with Gasteiger partial charge in [0.1, 0.15) is 0 Å². The van der Waals surface area contributed by atoms with Gasteiger partial charge in [-0.3, -0.25) is 0 Å². The summed E-state index contributed by atoms with van der Waals surface area (Å²) >= 11 is 0. The first kappa shape index (κ1) is 9.52. The van der Waals surface area contributed by atoms with Gasteiger partial charge in [-0.15, -0.1) is 6.42 Å². The Labute approximate surface area is 64.2 Å². The van der Waals surface area contributed by atoms with Gasteiger partial charge in [-0.05, 0) is 12.3 Å². The fourth-order valence-electron chi connectivity index (χ4n) is 0.518. The van der Waals surface area contributed by atoms with E-state index in [0.717, 1.165) is 6.54 Å². The summed E-state index contributed by atoms with van der Waals surface area (Å²) < 4.78 is 0. The average molecular weight is 139 g/mol. The molecule has 0 aliphatic rings. The summed E-state index contributed by atoms with van der Waals surface area (Å²) in [6.07, 6.45) is 5.19. The molecule has 0 aromatic rings. The van der Waals surface area contributed by atoms with E-state index in [-0.39, 0.29) is 6.04 Å². The molecule has 0 rings (SSSR count). The largest absolute Gasteiger partial charge is 0.303 e. The molecular weight excluding hydrogens is 122 g/mol. The molecule has 0 aliphatic carbocycles. The smallest absolute Gasteiger partial charge is 0.0658 e. The van der Waals surface area contributed by atoms with Gasteiger partial charge < -0.3 is 5.32 Å². The van der Waals surface area contributed by atoms with Crippen LogP contribution in [0.3, 0.4) is 0 Å². The van der Waals surface area contributed by atoms with Crippen molar-refractivity contribution in [3.63, 3.8) is 0 Å². The highest BCUT2D eigenvalue weighted by atomic mass is 14.9. The SMILES string of the molecule is C#CC(C)NCC(C)(C)C. The number of nitrogens with one attached hydrogen (secondary N) is 1. The summed E-state index contributed by atoms with van der Waals surface area (Å²) in [6.45, 7) is 9.51. The zero-order valence-electron chi connectivity index (χ0n) is 7.36. The van der Waals surface area contributed by atoms with Crippen molar-refractivity contribution in [3.8, 4) is 12.3 Å². The van der Waals surface area contributed by atoms with Crippen LogP contribution >= 0.6 is 0 Å². The topological polar surface area (TPSA) is 12.0 Å². The van der Waals surface area contributed by atoms with Crippen LogP contribution in [0.5, 0.6) is 0 Å². The molecule has 1 heteroatoms. The van der Waals surface area contributed by atoms with E-state index in [0.29, 0.717) is 5.41 Å². The maximum absolute atomic E-state index is 5.19. The van der Waals surface area contributed by atoms with Crippen LogP contribution < -0.4 is 5.32 Å². The highest BCUT2D eigenvalue weighted by Gasteiger charge is 2.09. The highest BCUT2D eigenvalue weighted by Crippen LogP contribution is 2.10. The Bertz CT molecular complexity index is 125. The lowest BCUT2D eigenvalue weighted by Crippen LogP contribution is -2.32. The van der Waals surface area contributed by atoms with Crippen LogP contribution in [0.25, 0.3) is 0 Å². The van der Waals surface area contributed by atoms with E-state index in [2.05, 4.69) is 32.0 Å². The second kappa shape index (κ2) is 3.63. The van der Waals surface area contributed by atoms with Gasteiger partial charge in [-0.1, -0.05) is 26.7 Å². The molecular formula is C9H17N. The maximum atomic E-state index is 5.19. The van der Waals surface area contributed by atoms with E-state index in [4.69, 9.17) is 6.42 Å². The van der Waals surface area contributed by atoms with Crippen molar-refractivity contribution in [2.45, 2.75) is 33.7 Å². The zero-order valence-corrected chi connectivity index (χ0v) is 7.36. The summed E-state index contributed by atoms with van der Waals surface area (Å²) in [5.74, 6) is 2.63. The van der Waals surface area contributed by atoms with Crippen LogP contribution in [0.1, 0.15) is 27.7 Å². The summed E-state index contributed by atoms with van der Waals surface area (Å²) in [4.78, 5) is 0. The van der Waals surface area contributed by atoms with E-state index in [1.54, 1.807) is 0 Å². The number of terminal acetylenes is 1. The Hall–Kier alpha value is -0.480. The highest BCUT2D eigenvalue weighted by molar-refractivity contribution is 4.96. The zero-order chi connectivity index (χ0) is 8.20. The Morgan fingerprint density at radius 1 is 1.50 bits per heavy atom. The fraction of sp³-hybridized carbons (Fsp3) is 0.778. The molecule has 1 nitrogen and oxygen atoms in total. The van der Waals surface area contributed by atoms with Gasteiger partial charge in [-0.25, -0.2) is 0 Å². The van der Waals surface area contributed by atoms with Crippen molar-refractivity contribution < 1.29 is 0 Å². The molecule has 0 heterocycles. The molecule has 1 N–H and O–H groups in total. The molecule has 58 valence electrons. The van der Waals surface area contributed by atoms with Gasteiger partial charge in [0.15, 0.2) is 0 Å². The predicted octanol–water partition coefficient (Wildman–Crippen LogP) is 1.64. The third-order valence-corrected chi connectivity index (χ3v) is 1.19. The van der Waals surface area contributed by atoms with Crippen LogP contribution in [0.2, 0.25) is 0 Å². The summed E-state index contributed by atoms with van der Waals surface area (Å²) in [5, 5.41) is 3.24. The quantitative estimate of drug-likeness (QED) is 0.573. The Morgan fingerprint density at radius 3 is 2.30 bits per heavy atom. The molecule has 0 saturated carbocycles. The number of rotatable bonds is 2. The minimum absolute atomic E-state index is 0.194. The van der Waals surface area contributed by atoms with Crippen LogP contribution in [0.4, 0.5) is 0 Å². The molecule has 0 amide bonds. The second-order valence-electron chi connectivity index (χ2n) is 3.83. The van der Waals surface area contributed by atoms with Crippen molar-refractivity contribution in [1.29, 1.82) is 0 Å². The van der Waals surface area contributed by atoms with Gasteiger partial charge >= 0.3 is 0 Å². The Kier molecular flexibility index (Phi) is 3.46. The van der Waals surface area contributed by atoms with Crippen molar-refractivity contribution in [2.24, 2.45) is 5.41 Å². The van der Waals surface area contributed by atoms with Crippen molar-refractivity contribution in [1.82, 2.24) is 5.32 Å².